The van der Waals surface area contributed by atoms with Gasteiger partial charge >= 0.3 is 213 Å². The molecule has 0 nitrogen and oxygen atoms in total. The zero-order valence-electron chi connectivity index (χ0n) is 20.2. The van der Waals surface area contributed by atoms with Gasteiger partial charge in [0.05, 0.1) is 0 Å². The summed E-state index contributed by atoms with van der Waals surface area (Å²) >= 11 is -4.71. The van der Waals surface area contributed by atoms with Crippen molar-refractivity contribution < 1.29 is 15.6 Å². The first-order chi connectivity index (χ1) is 16.2. The Morgan fingerprint density at radius 2 is 1.00 bits per heavy atom. The Bertz CT molecular complexity index is 1400. The second kappa shape index (κ2) is 7.78. The van der Waals surface area contributed by atoms with E-state index in [1.165, 1.54) is 62.2 Å². The van der Waals surface area contributed by atoms with E-state index in [1.54, 1.807) is 0 Å². The van der Waals surface area contributed by atoms with Gasteiger partial charge in [0.2, 0.25) is 0 Å². The average Bonchev–Trinajstić information content (AvgIpc) is 3.36. The Morgan fingerprint density at radius 3 is 1.41 bits per heavy atom. The van der Waals surface area contributed by atoms with Crippen molar-refractivity contribution >= 4 is 29.5 Å². The van der Waals surface area contributed by atoms with Crippen LogP contribution < -0.4 is 6.54 Å². The van der Waals surface area contributed by atoms with Crippen LogP contribution in [0.2, 0.25) is 13.1 Å². The van der Waals surface area contributed by atoms with Crippen LogP contribution in [0.1, 0.15) is 33.4 Å². The quantitative estimate of drug-likeness (QED) is 0.192. The van der Waals surface area contributed by atoms with Crippen LogP contribution in [-0.2, 0) is 28.4 Å². The van der Waals surface area contributed by atoms with Crippen molar-refractivity contribution in [2.75, 3.05) is 0 Å². The van der Waals surface area contributed by atoms with Crippen molar-refractivity contribution in [3.8, 4) is 22.3 Å². The fraction of sp³-hybridized carbons (Fsp3) is 0.200. The monoisotopic (exact) mass is 577 g/mol. The molecule has 0 bridgehead atoms. The Balaban J connectivity index is 1.70. The fourth-order valence-electron chi connectivity index (χ4n) is 6.64. The first-order valence-electron chi connectivity index (χ1n) is 12.2. The van der Waals surface area contributed by atoms with Gasteiger partial charge in [-0.3, -0.25) is 0 Å². The zero-order valence-corrected chi connectivity index (χ0v) is 25.3. The molecular formula is C30H29Cl2SiZr. The summed E-state index contributed by atoms with van der Waals surface area (Å²) in [5.74, 6) is -1.55. The Kier molecular flexibility index (Phi) is 5.26. The van der Waals surface area contributed by atoms with Crippen LogP contribution in [0.3, 0.4) is 0 Å². The SMILES string of the molecule is Cc1ccc2c([c]1[Zr]([Cl])([Cl])([c]1c(C)ccc3c1Cc1ccccc1-3)[SiH](C)C)Cc1ccccc1-2. The summed E-state index contributed by atoms with van der Waals surface area (Å²) in [5, 5.41) is 0. The molecule has 0 N–H and O–H groups in total. The van der Waals surface area contributed by atoms with Gasteiger partial charge < -0.3 is 0 Å². The molecule has 2 aliphatic rings. The molecule has 4 aromatic rings. The first kappa shape index (κ1) is 23.0. The molecule has 0 unspecified atom stereocenters. The molecule has 171 valence electrons. The van der Waals surface area contributed by atoms with Crippen LogP contribution in [0.25, 0.3) is 22.3 Å². The van der Waals surface area contributed by atoms with Crippen molar-refractivity contribution in [2.24, 2.45) is 0 Å². The number of rotatable bonds is 3. The summed E-state index contributed by atoms with van der Waals surface area (Å²) in [4.78, 5) is 0. The fourth-order valence-corrected chi connectivity index (χ4v) is 35.7. The topological polar surface area (TPSA) is 0 Å². The van der Waals surface area contributed by atoms with Gasteiger partial charge in [-0.25, -0.2) is 0 Å². The van der Waals surface area contributed by atoms with Gasteiger partial charge in [0.1, 0.15) is 0 Å². The van der Waals surface area contributed by atoms with Crippen LogP contribution in [-0.4, -0.2) is 5.92 Å². The second-order valence-electron chi connectivity index (χ2n) is 10.5. The molecule has 0 saturated heterocycles. The molecule has 2 aliphatic carbocycles. The number of aryl methyl sites for hydroxylation is 2. The summed E-state index contributed by atoms with van der Waals surface area (Å²) in [6.45, 7) is 9.27. The molecule has 0 atom stereocenters. The zero-order chi connectivity index (χ0) is 23.9. The van der Waals surface area contributed by atoms with Crippen LogP contribution in [0, 0.1) is 13.8 Å². The van der Waals surface area contributed by atoms with Gasteiger partial charge in [-0.05, 0) is 0 Å². The molecule has 0 aromatic heterocycles. The molecule has 0 amide bonds. The maximum absolute atomic E-state index is 8.28. The van der Waals surface area contributed by atoms with Gasteiger partial charge in [-0.2, -0.15) is 0 Å². The average molecular weight is 580 g/mol. The van der Waals surface area contributed by atoms with E-state index in [0.29, 0.717) is 0 Å². The Labute approximate surface area is 211 Å². The van der Waals surface area contributed by atoms with Gasteiger partial charge in [0.25, 0.3) is 0 Å². The van der Waals surface area contributed by atoms with E-state index in [9.17, 15) is 0 Å². The molecule has 0 radical (unpaired) electrons. The van der Waals surface area contributed by atoms with Crippen molar-refractivity contribution in [2.45, 2.75) is 39.8 Å². The van der Waals surface area contributed by atoms with Crippen LogP contribution in [0.15, 0.2) is 72.8 Å². The third-order valence-electron chi connectivity index (χ3n) is 8.32. The minimum absolute atomic E-state index is 0.932. The Morgan fingerprint density at radius 1 is 0.588 bits per heavy atom. The van der Waals surface area contributed by atoms with E-state index in [-0.39, 0.29) is 0 Å². The predicted molar refractivity (Wildman–Crippen MR) is 149 cm³/mol. The summed E-state index contributed by atoms with van der Waals surface area (Å²) in [7, 11) is 16.6. The van der Waals surface area contributed by atoms with Gasteiger partial charge in [-0.15, -0.1) is 0 Å². The number of benzene rings is 4. The van der Waals surface area contributed by atoms with Crippen LogP contribution in [0.5, 0.6) is 0 Å². The number of fused-ring (bicyclic) bond motifs is 6. The van der Waals surface area contributed by atoms with Gasteiger partial charge in [0.15, 0.2) is 0 Å². The van der Waals surface area contributed by atoms with Crippen molar-refractivity contribution in [3.05, 3.63) is 106 Å². The standard InChI is InChI=1S/2C14H11.C2H7Si.2ClH.Zr/c2*1-10-6-7-14-12(8-10)9-11-4-2-3-5-13(11)14;1-3-2;;;/h2*2-7H,9H2,1H3;3H,1-2H3;2*1H;/q;;;;;+2/p-2. The van der Waals surface area contributed by atoms with E-state index in [1.807, 2.05) is 0 Å². The van der Waals surface area contributed by atoms with Crippen molar-refractivity contribution in [3.63, 3.8) is 0 Å². The molecular weight excluding hydrogens is 551 g/mol. The summed E-state index contributed by atoms with van der Waals surface area (Å²) in [6.07, 6.45) is 1.86. The number of hydrogen-bond acceptors (Lipinski definition) is 0. The molecule has 0 spiro atoms. The molecule has 4 heteroatoms. The summed E-state index contributed by atoms with van der Waals surface area (Å²) in [6, 6.07) is 26.7. The van der Waals surface area contributed by atoms with Crippen LogP contribution in [0.4, 0.5) is 0 Å². The first-order valence-corrected chi connectivity index (χ1v) is 28.1. The van der Waals surface area contributed by atoms with E-state index >= 15 is 0 Å². The van der Waals surface area contributed by atoms with E-state index < -0.39 is 21.5 Å². The molecule has 34 heavy (non-hydrogen) atoms. The summed E-state index contributed by atoms with van der Waals surface area (Å²) in [5.41, 5.74) is 13.5. The second-order valence-corrected chi connectivity index (χ2v) is 50.7. The number of hydrogen-bond donors (Lipinski definition) is 0. The predicted octanol–water partition coefficient (Wildman–Crippen LogP) is 7.38. The third-order valence-corrected chi connectivity index (χ3v) is 56.6. The minimum atomic E-state index is -4.71. The molecule has 4 aromatic carbocycles. The molecule has 6 rings (SSSR count). The number of halogens is 2. The van der Waals surface area contributed by atoms with Crippen molar-refractivity contribution in [1.82, 2.24) is 0 Å². The van der Waals surface area contributed by atoms with E-state index in [0.717, 1.165) is 12.8 Å². The molecule has 0 fully saturated rings. The normalized spacial score (nSPS) is 14.9. The van der Waals surface area contributed by atoms with Gasteiger partial charge in [-0.1, -0.05) is 0 Å². The third kappa shape index (κ3) is 2.99. The van der Waals surface area contributed by atoms with E-state index in [4.69, 9.17) is 17.0 Å². The maximum atomic E-state index is 8.28. The van der Waals surface area contributed by atoms with Crippen molar-refractivity contribution in [1.29, 1.82) is 0 Å². The Hall–Kier alpha value is -1.44. The van der Waals surface area contributed by atoms with Gasteiger partial charge in [0, 0.05) is 0 Å². The molecule has 0 saturated carbocycles. The molecule has 0 aliphatic heterocycles. The van der Waals surface area contributed by atoms with E-state index in [2.05, 4.69) is 99.7 Å². The summed E-state index contributed by atoms with van der Waals surface area (Å²) < 4.78 is 2.68. The molecule has 0 heterocycles. The van der Waals surface area contributed by atoms with Crippen LogP contribution >= 0.6 is 17.0 Å².